The maximum atomic E-state index is 3.67. The van der Waals surface area contributed by atoms with E-state index in [2.05, 4.69) is 53.3 Å². The van der Waals surface area contributed by atoms with E-state index >= 15 is 0 Å². The van der Waals surface area contributed by atoms with Gasteiger partial charge in [0.25, 0.3) is 0 Å². The number of hydrogen-bond acceptors (Lipinski definition) is 1. The van der Waals surface area contributed by atoms with Gasteiger partial charge in [0.1, 0.15) is 0 Å². The second-order valence-corrected chi connectivity index (χ2v) is 6.41. The van der Waals surface area contributed by atoms with E-state index in [0.29, 0.717) is 6.04 Å². The summed E-state index contributed by atoms with van der Waals surface area (Å²) in [7, 11) is 0. The molecule has 0 aliphatic heterocycles. The third kappa shape index (κ3) is 3.58. The van der Waals surface area contributed by atoms with Crippen molar-refractivity contribution in [2.24, 2.45) is 5.92 Å². The molecule has 100 valence electrons. The first-order valence-corrected chi connectivity index (χ1v) is 7.99. The highest BCUT2D eigenvalue weighted by atomic mass is 79.9. The topological polar surface area (TPSA) is 12.0 Å². The van der Waals surface area contributed by atoms with Crippen molar-refractivity contribution in [3.05, 3.63) is 33.8 Å². The van der Waals surface area contributed by atoms with Crippen LogP contribution in [0.15, 0.2) is 22.7 Å². The summed E-state index contributed by atoms with van der Waals surface area (Å²) in [6.07, 6.45) is 7.01. The van der Waals surface area contributed by atoms with Crippen molar-refractivity contribution in [3.63, 3.8) is 0 Å². The molecular weight excluding hydrogens is 286 g/mol. The molecule has 0 aromatic heterocycles. The monoisotopic (exact) mass is 309 g/mol. The molecule has 1 nitrogen and oxygen atoms in total. The van der Waals surface area contributed by atoms with Crippen LogP contribution in [-0.4, -0.2) is 6.54 Å². The Labute approximate surface area is 119 Å². The van der Waals surface area contributed by atoms with Crippen molar-refractivity contribution < 1.29 is 0 Å². The maximum Gasteiger partial charge on any atom is 0.0325 e. The van der Waals surface area contributed by atoms with Crippen LogP contribution in [0, 0.1) is 12.8 Å². The van der Waals surface area contributed by atoms with Crippen LogP contribution >= 0.6 is 15.9 Å². The minimum absolute atomic E-state index is 0.524. The van der Waals surface area contributed by atoms with Crippen molar-refractivity contribution in [1.82, 2.24) is 5.32 Å². The lowest BCUT2D eigenvalue weighted by molar-refractivity contribution is 0.399. The molecule has 1 atom stereocenters. The summed E-state index contributed by atoms with van der Waals surface area (Å²) in [5.41, 5.74) is 2.88. The van der Waals surface area contributed by atoms with Gasteiger partial charge in [-0.1, -0.05) is 54.6 Å². The zero-order chi connectivity index (χ0) is 13.0. The minimum Gasteiger partial charge on any atom is -0.310 e. The molecule has 1 fully saturated rings. The highest BCUT2D eigenvalue weighted by Crippen LogP contribution is 2.34. The van der Waals surface area contributed by atoms with Gasteiger partial charge in [-0.15, -0.1) is 0 Å². The van der Waals surface area contributed by atoms with Crippen LogP contribution in [0.25, 0.3) is 0 Å². The van der Waals surface area contributed by atoms with Crippen LogP contribution in [0.4, 0.5) is 0 Å². The molecule has 2 heteroatoms. The molecule has 0 radical (unpaired) electrons. The number of aryl methyl sites for hydroxylation is 1. The summed E-state index contributed by atoms with van der Waals surface area (Å²) in [6.45, 7) is 5.47. The summed E-state index contributed by atoms with van der Waals surface area (Å²) in [4.78, 5) is 0. The summed E-state index contributed by atoms with van der Waals surface area (Å²) in [5.74, 6) is 0.924. The van der Waals surface area contributed by atoms with E-state index in [0.717, 1.165) is 12.5 Å². The van der Waals surface area contributed by atoms with E-state index in [1.807, 2.05) is 0 Å². The summed E-state index contributed by atoms with van der Waals surface area (Å²) >= 11 is 3.60. The van der Waals surface area contributed by atoms with Crippen LogP contribution in [0.1, 0.15) is 56.2 Å². The second kappa shape index (κ2) is 6.72. The first-order chi connectivity index (χ1) is 8.70. The first-order valence-electron chi connectivity index (χ1n) is 7.20. The highest BCUT2D eigenvalue weighted by Gasteiger charge is 2.21. The Balaban J connectivity index is 2.14. The van der Waals surface area contributed by atoms with Crippen LogP contribution in [0.3, 0.4) is 0 Å². The smallest absolute Gasteiger partial charge is 0.0325 e. The number of halogens is 1. The SMILES string of the molecule is CCNC(CC1CCCC1)c1cc(Br)ccc1C. The zero-order valence-corrected chi connectivity index (χ0v) is 13.1. The molecule has 1 aromatic carbocycles. The van der Waals surface area contributed by atoms with Crippen LogP contribution in [0.5, 0.6) is 0 Å². The fraction of sp³-hybridized carbons (Fsp3) is 0.625. The van der Waals surface area contributed by atoms with E-state index in [9.17, 15) is 0 Å². The highest BCUT2D eigenvalue weighted by molar-refractivity contribution is 9.10. The molecule has 0 spiro atoms. The molecule has 1 saturated carbocycles. The summed E-state index contributed by atoms with van der Waals surface area (Å²) in [5, 5.41) is 3.67. The molecule has 1 aromatic rings. The van der Waals surface area contributed by atoms with E-state index in [1.54, 1.807) is 0 Å². The molecule has 1 aliphatic rings. The average Bonchev–Trinajstić information content (AvgIpc) is 2.85. The molecule has 0 bridgehead atoms. The molecule has 1 N–H and O–H groups in total. The Bertz CT molecular complexity index is 383. The van der Waals surface area contributed by atoms with Crippen LogP contribution in [0.2, 0.25) is 0 Å². The van der Waals surface area contributed by atoms with Gasteiger partial charge in [0.15, 0.2) is 0 Å². The Morgan fingerprint density at radius 3 is 2.72 bits per heavy atom. The predicted molar refractivity (Wildman–Crippen MR) is 81.9 cm³/mol. The molecule has 18 heavy (non-hydrogen) atoms. The number of nitrogens with one attached hydrogen (secondary N) is 1. The normalized spacial score (nSPS) is 18.2. The van der Waals surface area contributed by atoms with Gasteiger partial charge in [-0.3, -0.25) is 0 Å². The van der Waals surface area contributed by atoms with E-state index in [1.165, 1.54) is 47.7 Å². The molecule has 0 heterocycles. The van der Waals surface area contributed by atoms with Crippen molar-refractivity contribution in [2.75, 3.05) is 6.54 Å². The van der Waals surface area contributed by atoms with Gasteiger partial charge in [-0.2, -0.15) is 0 Å². The summed E-state index contributed by atoms with van der Waals surface area (Å²) in [6, 6.07) is 7.17. The van der Waals surface area contributed by atoms with Gasteiger partial charge in [0.2, 0.25) is 0 Å². The number of benzene rings is 1. The minimum atomic E-state index is 0.524. The number of hydrogen-bond donors (Lipinski definition) is 1. The molecule has 0 saturated heterocycles. The Morgan fingerprint density at radius 1 is 1.33 bits per heavy atom. The van der Waals surface area contributed by atoms with Gasteiger partial charge >= 0.3 is 0 Å². The van der Waals surface area contributed by atoms with Crippen LogP contribution in [-0.2, 0) is 0 Å². The van der Waals surface area contributed by atoms with E-state index < -0.39 is 0 Å². The molecular formula is C16H24BrN. The van der Waals surface area contributed by atoms with Gasteiger partial charge in [0, 0.05) is 10.5 Å². The molecule has 1 unspecified atom stereocenters. The predicted octanol–water partition coefficient (Wildman–Crippen LogP) is 4.99. The fourth-order valence-electron chi connectivity index (χ4n) is 3.13. The van der Waals surface area contributed by atoms with E-state index in [4.69, 9.17) is 0 Å². The Morgan fingerprint density at radius 2 is 2.06 bits per heavy atom. The third-order valence-corrected chi connectivity index (χ3v) is 4.60. The van der Waals surface area contributed by atoms with Crippen molar-refractivity contribution >= 4 is 15.9 Å². The molecule has 0 amide bonds. The van der Waals surface area contributed by atoms with Crippen LogP contribution < -0.4 is 5.32 Å². The third-order valence-electron chi connectivity index (χ3n) is 4.11. The van der Waals surface area contributed by atoms with Crippen molar-refractivity contribution in [1.29, 1.82) is 0 Å². The lowest BCUT2D eigenvalue weighted by atomic mass is 9.91. The van der Waals surface area contributed by atoms with Gasteiger partial charge in [0.05, 0.1) is 0 Å². The first kappa shape index (κ1) is 14.1. The van der Waals surface area contributed by atoms with Crippen molar-refractivity contribution in [3.8, 4) is 0 Å². The Hall–Kier alpha value is -0.340. The fourth-order valence-corrected chi connectivity index (χ4v) is 3.51. The van der Waals surface area contributed by atoms with Gasteiger partial charge in [-0.05, 0) is 49.1 Å². The quantitative estimate of drug-likeness (QED) is 0.808. The average molecular weight is 310 g/mol. The zero-order valence-electron chi connectivity index (χ0n) is 11.5. The van der Waals surface area contributed by atoms with E-state index in [-0.39, 0.29) is 0 Å². The number of rotatable bonds is 5. The van der Waals surface area contributed by atoms with Crippen molar-refractivity contribution in [2.45, 2.75) is 52.0 Å². The lowest BCUT2D eigenvalue weighted by Gasteiger charge is -2.23. The standard InChI is InChI=1S/C16H24BrN/c1-3-18-16(10-13-6-4-5-7-13)15-11-14(17)9-8-12(15)2/h8-9,11,13,16,18H,3-7,10H2,1-2H3. The van der Waals surface area contributed by atoms with Gasteiger partial charge in [-0.25, -0.2) is 0 Å². The molecule has 2 rings (SSSR count). The Kier molecular flexibility index (Phi) is 5.25. The maximum absolute atomic E-state index is 3.67. The lowest BCUT2D eigenvalue weighted by Crippen LogP contribution is -2.23. The second-order valence-electron chi connectivity index (χ2n) is 5.50. The summed E-state index contributed by atoms with van der Waals surface area (Å²) < 4.78 is 1.19. The molecule has 1 aliphatic carbocycles. The van der Waals surface area contributed by atoms with Gasteiger partial charge < -0.3 is 5.32 Å². The largest absolute Gasteiger partial charge is 0.310 e.